The van der Waals surface area contributed by atoms with Gasteiger partial charge >= 0.3 is 0 Å². The highest BCUT2D eigenvalue weighted by Crippen LogP contribution is 2.05. The van der Waals surface area contributed by atoms with Gasteiger partial charge in [0.05, 0.1) is 0 Å². The molecule has 0 aromatic rings. The Bertz CT molecular complexity index is 60.3. The molecule has 0 unspecified atom stereocenters. The summed E-state index contributed by atoms with van der Waals surface area (Å²) < 4.78 is 10.0. The van der Waals surface area contributed by atoms with Gasteiger partial charge in [-0.1, -0.05) is 19.8 Å². The number of methoxy groups -OCH3 is 2. The van der Waals surface area contributed by atoms with E-state index in [1.807, 2.05) is 0 Å². The number of unbranched alkanes of at least 4 members (excludes halogenated alkanes) is 2. The molecule has 0 rings (SSSR count). The minimum atomic E-state index is 0.00606. The van der Waals surface area contributed by atoms with Gasteiger partial charge in [0, 0.05) is 14.2 Å². The molecular weight excluding hydrogens is 128 g/mol. The lowest BCUT2D eigenvalue weighted by Gasteiger charge is -2.11. The standard InChI is InChI=1S/C8H18O2/c1-4-5-6-7-8(9-2)10-3/h8H,4-7H2,1-3H3. The second kappa shape index (κ2) is 7.03. The lowest BCUT2D eigenvalue weighted by atomic mass is 10.2. The Kier molecular flexibility index (Phi) is 6.98. The van der Waals surface area contributed by atoms with E-state index < -0.39 is 0 Å². The van der Waals surface area contributed by atoms with E-state index in [1.165, 1.54) is 19.3 Å². The van der Waals surface area contributed by atoms with E-state index in [2.05, 4.69) is 6.92 Å². The third-order valence-electron chi connectivity index (χ3n) is 1.57. The van der Waals surface area contributed by atoms with Gasteiger partial charge in [-0.2, -0.15) is 0 Å². The van der Waals surface area contributed by atoms with Gasteiger partial charge in [0.25, 0.3) is 0 Å². The zero-order chi connectivity index (χ0) is 7.82. The van der Waals surface area contributed by atoms with Crippen LogP contribution in [0.1, 0.15) is 32.6 Å². The fourth-order valence-corrected chi connectivity index (χ4v) is 0.893. The molecule has 0 fully saturated rings. The number of hydrogen-bond acceptors (Lipinski definition) is 2. The van der Waals surface area contributed by atoms with Gasteiger partial charge < -0.3 is 9.47 Å². The fraction of sp³-hybridized carbons (Fsp3) is 1.00. The SMILES string of the molecule is CCCCCC(OC)OC. The Morgan fingerprint density at radius 1 is 1.10 bits per heavy atom. The van der Waals surface area contributed by atoms with E-state index in [4.69, 9.17) is 9.47 Å². The Morgan fingerprint density at radius 3 is 2.10 bits per heavy atom. The normalized spacial score (nSPS) is 10.8. The maximum absolute atomic E-state index is 5.02. The van der Waals surface area contributed by atoms with Crippen molar-refractivity contribution in [2.24, 2.45) is 0 Å². The summed E-state index contributed by atoms with van der Waals surface area (Å²) in [4.78, 5) is 0. The summed E-state index contributed by atoms with van der Waals surface area (Å²) in [6.45, 7) is 2.19. The summed E-state index contributed by atoms with van der Waals surface area (Å²) in [5.74, 6) is 0. The smallest absolute Gasteiger partial charge is 0.156 e. The quantitative estimate of drug-likeness (QED) is 0.422. The molecule has 0 aromatic heterocycles. The Labute approximate surface area is 63.5 Å². The minimum Gasteiger partial charge on any atom is -0.356 e. The molecule has 0 radical (unpaired) electrons. The first kappa shape index (κ1) is 9.92. The van der Waals surface area contributed by atoms with Gasteiger partial charge in [-0.3, -0.25) is 0 Å². The first-order chi connectivity index (χ1) is 4.85. The summed E-state index contributed by atoms with van der Waals surface area (Å²) >= 11 is 0. The molecule has 2 heteroatoms. The number of rotatable bonds is 6. The topological polar surface area (TPSA) is 18.5 Å². The van der Waals surface area contributed by atoms with Crippen molar-refractivity contribution >= 4 is 0 Å². The fourth-order valence-electron chi connectivity index (χ4n) is 0.893. The van der Waals surface area contributed by atoms with Crippen molar-refractivity contribution in [3.05, 3.63) is 0 Å². The summed E-state index contributed by atoms with van der Waals surface area (Å²) in [5.41, 5.74) is 0. The molecule has 2 nitrogen and oxygen atoms in total. The van der Waals surface area contributed by atoms with Gasteiger partial charge in [0.15, 0.2) is 6.29 Å². The average Bonchev–Trinajstić information content (AvgIpc) is 1.99. The molecule has 62 valence electrons. The molecule has 0 N–H and O–H groups in total. The molecule has 0 aromatic carbocycles. The Morgan fingerprint density at radius 2 is 1.70 bits per heavy atom. The van der Waals surface area contributed by atoms with Crippen LogP contribution in [0.15, 0.2) is 0 Å². The molecule has 0 atom stereocenters. The lowest BCUT2D eigenvalue weighted by Crippen LogP contribution is -2.12. The molecule has 0 aliphatic rings. The Hall–Kier alpha value is -0.0800. The van der Waals surface area contributed by atoms with Crippen molar-refractivity contribution in [3.63, 3.8) is 0 Å². The van der Waals surface area contributed by atoms with E-state index in [0.717, 1.165) is 6.42 Å². The monoisotopic (exact) mass is 146 g/mol. The van der Waals surface area contributed by atoms with Crippen LogP contribution in [0.4, 0.5) is 0 Å². The average molecular weight is 146 g/mol. The second-order valence-electron chi connectivity index (χ2n) is 2.40. The van der Waals surface area contributed by atoms with Gasteiger partial charge in [-0.25, -0.2) is 0 Å². The van der Waals surface area contributed by atoms with Gasteiger partial charge in [0.2, 0.25) is 0 Å². The van der Waals surface area contributed by atoms with Crippen LogP contribution in [0, 0.1) is 0 Å². The Balaban J connectivity index is 3.09. The van der Waals surface area contributed by atoms with Crippen molar-refractivity contribution < 1.29 is 9.47 Å². The third-order valence-corrected chi connectivity index (χ3v) is 1.57. The first-order valence-corrected chi connectivity index (χ1v) is 3.90. The molecule has 0 spiro atoms. The van der Waals surface area contributed by atoms with Crippen molar-refractivity contribution in [2.75, 3.05) is 14.2 Å². The highest BCUT2D eigenvalue weighted by Gasteiger charge is 2.02. The largest absolute Gasteiger partial charge is 0.356 e. The van der Waals surface area contributed by atoms with E-state index in [0.29, 0.717) is 0 Å². The molecule has 0 heterocycles. The molecule has 0 aliphatic heterocycles. The molecule has 0 aliphatic carbocycles. The predicted octanol–water partition coefficient (Wildman–Crippen LogP) is 2.19. The second-order valence-corrected chi connectivity index (χ2v) is 2.40. The van der Waals surface area contributed by atoms with E-state index in [-0.39, 0.29) is 6.29 Å². The maximum Gasteiger partial charge on any atom is 0.156 e. The van der Waals surface area contributed by atoms with Crippen molar-refractivity contribution in [2.45, 2.75) is 38.9 Å². The van der Waals surface area contributed by atoms with E-state index >= 15 is 0 Å². The van der Waals surface area contributed by atoms with Gasteiger partial charge in [-0.15, -0.1) is 0 Å². The van der Waals surface area contributed by atoms with Crippen molar-refractivity contribution in [1.82, 2.24) is 0 Å². The summed E-state index contributed by atoms with van der Waals surface area (Å²) in [6.07, 6.45) is 4.74. The van der Waals surface area contributed by atoms with Crippen molar-refractivity contribution in [3.8, 4) is 0 Å². The zero-order valence-corrected chi connectivity index (χ0v) is 7.22. The third kappa shape index (κ3) is 4.77. The van der Waals surface area contributed by atoms with Gasteiger partial charge in [-0.05, 0) is 12.8 Å². The molecule has 0 saturated heterocycles. The van der Waals surface area contributed by atoms with Crippen LogP contribution in [0.25, 0.3) is 0 Å². The zero-order valence-electron chi connectivity index (χ0n) is 7.22. The summed E-state index contributed by atoms with van der Waals surface area (Å²) in [5, 5.41) is 0. The molecule has 0 saturated carbocycles. The molecule has 0 bridgehead atoms. The highest BCUT2D eigenvalue weighted by atomic mass is 16.7. The van der Waals surface area contributed by atoms with Crippen molar-refractivity contribution in [1.29, 1.82) is 0 Å². The highest BCUT2D eigenvalue weighted by molar-refractivity contribution is 4.44. The summed E-state index contributed by atoms with van der Waals surface area (Å²) in [6, 6.07) is 0. The number of hydrogen-bond donors (Lipinski definition) is 0. The summed E-state index contributed by atoms with van der Waals surface area (Å²) in [7, 11) is 3.36. The predicted molar refractivity (Wildman–Crippen MR) is 41.9 cm³/mol. The van der Waals surface area contributed by atoms with Crippen LogP contribution in [-0.2, 0) is 9.47 Å². The lowest BCUT2D eigenvalue weighted by molar-refractivity contribution is -0.107. The van der Waals surface area contributed by atoms with Crippen LogP contribution >= 0.6 is 0 Å². The number of ether oxygens (including phenoxy) is 2. The first-order valence-electron chi connectivity index (χ1n) is 3.90. The molecule has 10 heavy (non-hydrogen) atoms. The minimum absolute atomic E-state index is 0.00606. The van der Waals surface area contributed by atoms with Crippen LogP contribution in [0.3, 0.4) is 0 Å². The van der Waals surface area contributed by atoms with Crippen LogP contribution < -0.4 is 0 Å². The molecule has 0 amide bonds. The molecular formula is C8H18O2. The van der Waals surface area contributed by atoms with Crippen LogP contribution in [-0.4, -0.2) is 20.5 Å². The van der Waals surface area contributed by atoms with E-state index in [1.54, 1.807) is 14.2 Å². The van der Waals surface area contributed by atoms with Gasteiger partial charge in [0.1, 0.15) is 0 Å². The van der Waals surface area contributed by atoms with Crippen LogP contribution in [0.2, 0.25) is 0 Å². The maximum atomic E-state index is 5.02. The van der Waals surface area contributed by atoms with Crippen LogP contribution in [0.5, 0.6) is 0 Å². The van der Waals surface area contributed by atoms with E-state index in [9.17, 15) is 0 Å².